The lowest BCUT2D eigenvalue weighted by Crippen LogP contribution is -2.60. The molecule has 0 radical (unpaired) electrons. The summed E-state index contributed by atoms with van der Waals surface area (Å²) in [6.07, 6.45) is -2.72. The monoisotopic (exact) mass is 464 g/mol. The van der Waals surface area contributed by atoms with Crippen LogP contribution in [0.1, 0.15) is 68.4 Å². The molecule has 1 saturated heterocycles. The van der Waals surface area contributed by atoms with Gasteiger partial charge in [0.25, 0.3) is 0 Å². The summed E-state index contributed by atoms with van der Waals surface area (Å²) < 4.78 is 11.6. The first kappa shape index (κ1) is 24.4. The Morgan fingerprint density at radius 3 is 2.36 bits per heavy atom. The number of aliphatic hydroxyl groups is 5. The van der Waals surface area contributed by atoms with Gasteiger partial charge in [-0.05, 0) is 48.6 Å². The molecule has 4 rings (SSSR count). The van der Waals surface area contributed by atoms with Crippen molar-refractivity contribution in [2.75, 3.05) is 6.61 Å². The second-order valence-electron chi connectivity index (χ2n) is 10.6. The summed E-state index contributed by atoms with van der Waals surface area (Å²) in [6, 6.07) is 0. The maximum Gasteiger partial charge on any atom is 0.229 e. The van der Waals surface area contributed by atoms with Crippen LogP contribution in [-0.4, -0.2) is 68.0 Å². The standard InChI is InChI=1S/C25H36O8/c1-5-25(4)10-8-12-13-7-6-9-24(2,3)16(13)18(28)21(15(12)22(25)31)33-23-20(30)19(29)17(27)14(11-26)32-23/h5,14,17,19-20,22-23,26-31H,1,6-11H2,2-4H3/t14-,17-,19+,20-,22-,23-,25+/m1/s1. The predicted molar refractivity (Wildman–Crippen MR) is 120 cm³/mol. The number of rotatable bonds is 4. The number of hydrogen-bond donors (Lipinski definition) is 6. The molecule has 2 aliphatic carbocycles. The lowest BCUT2D eigenvalue weighted by molar-refractivity contribution is -0.278. The smallest absolute Gasteiger partial charge is 0.229 e. The highest BCUT2D eigenvalue weighted by atomic mass is 16.7. The minimum absolute atomic E-state index is 0.00308. The van der Waals surface area contributed by atoms with E-state index in [9.17, 15) is 30.6 Å². The van der Waals surface area contributed by atoms with E-state index in [4.69, 9.17) is 9.47 Å². The zero-order chi connectivity index (χ0) is 24.3. The van der Waals surface area contributed by atoms with Gasteiger partial charge in [0.2, 0.25) is 6.29 Å². The van der Waals surface area contributed by atoms with Crippen molar-refractivity contribution in [3.8, 4) is 11.5 Å². The SMILES string of the molecule is C=C[C@@]1(C)CCc2c3c(c(O)c(O[C@H]4O[C@H](CO)[C@@H](O)[C@H](O)[C@H]4O)c2[C@H]1O)C(C)(C)CCC3. The van der Waals surface area contributed by atoms with E-state index in [1.165, 1.54) is 0 Å². The first-order valence-electron chi connectivity index (χ1n) is 11.7. The van der Waals surface area contributed by atoms with Crippen molar-refractivity contribution in [3.05, 3.63) is 34.9 Å². The van der Waals surface area contributed by atoms with Gasteiger partial charge in [0.15, 0.2) is 11.5 Å². The molecule has 0 bridgehead atoms. The molecule has 0 unspecified atom stereocenters. The van der Waals surface area contributed by atoms with Crippen molar-refractivity contribution in [1.82, 2.24) is 0 Å². The van der Waals surface area contributed by atoms with E-state index in [2.05, 4.69) is 20.4 Å². The first-order valence-corrected chi connectivity index (χ1v) is 11.7. The molecule has 3 aliphatic rings. The second kappa shape index (κ2) is 8.52. The fraction of sp³-hybridized carbons (Fsp3) is 0.680. The fourth-order valence-electron chi connectivity index (χ4n) is 5.72. The molecule has 1 aromatic rings. The van der Waals surface area contributed by atoms with Gasteiger partial charge in [0.05, 0.1) is 12.7 Å². The van der Waals surface area contributed by atoms with E-state index in [0.29, 0.717) is 18.4 Å². The molecule has 0 aromatic heterocycles. The number of ether oxygens (including phenoxy) is 2. The first-order chi connectivity index (χ1) is 15.5. The predicted octanol–water partition coefficient (Wildman–Crippen LogP) is 1.36. The molecule has 1 aromatic carbocycles. The summed E-state index contributed by atoms with van der Waals surface area (Å²) >= 11 is 0. The summed E-state index contributed by atoms with van der Waals surface area (Å²) in [5.74, 6) is -0.110. The number of fused-ring (bicyclic) bond motifs is 3. The van der Waals surface area contributed by atoms with Crippen LogP contribution in [0.4, 0.5) is 0 Å². The summed E-state index contributed by atoms with van der Waals surface area (Å²) in [4.78, 5) is 0. The molecule has 8 heteroatoms. The average Bonchev–Trinajstić information content (AvgIpc) is 2.78. The lowest BCUT2D eigenvalue weighted by atomic mass is 9.64. The van der Waals surface area contributed by atoms with E-state index in [1.54, 1.807) is 6.08 Å². The highest BCUT2D eigenvalue weighted by Gasteiger charge is 2.48. The van der Waals surface area contributed by atoms with Gasteiger partial charge < -0.3 is 40.1 Å². The second-order valence-corrected chi connectivity index (χ2v) is 10.6. The van der Waals surface area contributed by atoms with Gasteiger partial charge in [-0.25, -0.2) is 0 Å². The Balaban J connectivity index is 1.88. The van der Waals surface area contributed by atoms with Gasteiger partial charge in [0, 0.05) is 16.5 Å². The summed E-state index contributed by atoms with van der Waals surface area (Å²) in [5, 5.41) is 63.3. The number of hydrogen-bond acceptors (Lipinski definition) is 8. The quantitative estimate of drug-likeness (QED) is 0.367. The van der Waals surface area contributed by atoms with Crippen molar-refractivity contribution >= 4 is 0 Å². The minimum atomic E-state index is -1.63. The number of phenolic OH excluding ortho intramolecular Hbond substituents is 1. The van der Waals surface area contributed by atoms with Crippen LogP contribution in [0, 0.1) is 5.41 Å². The van der Waals surface area contributed by atoms with Crippen LogP contribution >= 0.6 is 0 Å². The summed E-state index contributed by atoms with van der Waals surface area (Å²) in [5.41, 5.74) is 2.19. The Morgan fingerprint density at radius 2 is 1.73 bits per heavy atom. The largest absolute Gasteiger partial charge is 0.504 e. The van der Waals surface area contributed by atoms with Crippen molar-refractivity contribution in [3.63, 3.8) is 0 Å². The molecule has 0 amide bonds. The molecule has 184 valence electrons. The topological polar surface area (TPSA) is 140 Å². The molecule has 33 heavy (non-hydrogen) atoms. The zero-order valence-electron chi connectivity index (χ0n) is 19.5. The third kappa shape index (κ3) is 3.77. The van der Waals surface area contributed by atoms with Gasteiger partial charge >= 0.3 is 0 Å². The highest BCUT2D eigenvalue weighted by molar-refractivity contribution is 5.64. The van der Waals surface area contributed by atoms with E-state index < -0.39 is 48.8 Å². The number of aliphatic hydroxyl groups excluding tert-OH is 5. The number of aromatic hydroxyl groups is 1. The molecule has 0 spiro atoms. The van der Waals surface area contributed by atoms with Gasteiger partial charge in [-0.2, -0.15) is 0 Å². The third-order valence-electron chi connectivity index (χ3n) is 7.95. The zero-order valence-corrected chi connectivity index (χ0v) is 19.5. The van der Waals surface area contributed by atoms with Crippen LogP contribution in [0.15, 0.2) is 12.7 Å². The van der Waals surface area contributed by atoms with Crippen LogP contribution in [0.25, 0.3) is 0 Å². The summed E-state index contributed by atoms with van der Waals surface area (Å²) in [7, 11) is 0. The van der Waals surface area contributed by atoms with Crippen LogP contribution in [0.5, 0.6) is 11.5 Å². The lowest BCUT2D eigenvalue weighted by Gasteiger charge is -2.44. The molecule has 7 atom stereocenters. The molecule has 1 aliphatic heterocycles. The maximum atomic E-state index is 11.5. The Bertz CT molecular complexity index is 926. The normalized spacial score (nSPS) is 37.7. The Hall–Kier alpha value is -1.68. The van der Waals surface area contributed by atoms with E-state index in [1.807, 2.05) is 6.92 Å². The summed E-state index contributed by atoms with van der Waals surface area (Å²) in [6.45, 7) is 9.31. The van der Waals surface area contributed by atoms with E-state index >= 15 is 0 Å². The molecule has 1 fully saturated rings. The average molecular weight is 465 g/mol. The highest BCUT2D eigenvalue weighted by Crippen LogP contribution is 2.56. The van der Waals surface area contributed by atoms with E-state index in [0.717, 1.165) is 36.0 Å². The van der Waals surface area contributed by atoms with E-state index in [-0.39, 0.29) is 16.9 Å². The van der Waals surface area contributed by atoms with Crippen LogP contribution in [-0.2, 0) is 23.0 Å². The minimum Gasteiger partial charge on any atom is -0.504 e. The third-order valence-corrected chi connectivity index (χ3v) is 7.95. The number of benzene rings is 1. The van der Waals surface area contributed by atoms with Crippen LogP contribution < -0.4 is 4.74 Å². The molecule has 0 saturated carbocycles. The Labute approximate surface area is 194 Å². The molecular formula is C25H36O8. The number of phenols is 1. The van der Waals surface area contributed by atoms with Gasteiger partial charge in [-0.1, -0.05) is 26.8 Å². The Morgan fingerprint density at radius 1 is 1.03 bits per heavy atom. The van der Waals surface area contributed by atoms with Crippen molar-refractivity contribution in [2.24, 2.45) is 5.41 Å². The van der Waals surface area contributed by atoms with Crippen LogP contribution in [0.3, 0.4) is 0 Å². The van der Waals surface area contributed by atoms with Gasteiger partial charge in [-0.3, -0.25) is 0 Å². The molecule has 1 heterocycles. The van der Waals surface area contributed by atoms with Gasteiger partial charge in [0.1, 0.15) is 24.4 Å². The fourth-order valence-corrected chi connectivity index (χ4v) is 5.72. The van der Waals surface area contributed by atoms with Crippen LogP contribution in [0.2, 0.25) is 0 Å². The molecular weight excluding hydrogens is 428 g/mol. The van der Waals surface area contributed by atoms with Crippen molar-refractivity contribution in [2.45, 2.75) is 95.1 Å². The Kier molecular flexibility index (Phi) is 6.31. The molecule has 8 nitrogen and oxygen atoms in total. The van der Waals surface area contributed by atoms with Crippen molar-refractivity contribution < 1.29 is 40.1 Å². The molecule has 6 N–H and O–H groups in total. The van der Waals surface area contributed by atoms with Crippen molar-refractivity contribution in [1.29, 1.82) is 0 Å². The maximum absolute atomic E-state index is 11.5. The van der Waals surface area contributed by atoms with Gasteiger partial charge in [-0.15, -0.1) is 6.58 Å².